The molecule has 0 aliphatic rings. The predicted molar refractivity (Wildman–Crippen MR) is 67.1 cm³/mol. The third-order valence-electron chi connectivity index (χ3n) is 2.76. The van der Waals surface area contributed by atoms with Crippen molar-refractivity contribution in [2.75, 3.05) is 0 Å². The molecular weight excluding hydrogens is 220 g/mol. The Hall–Kier alpha value is -1.47. The van der Waals surface area contributed by atoms with E-state index in [1.165, 1.54) is 0 Å². The zero-order chi connectivity index (χ0) is 11.5. The van der Waals surface area contributed by atoms with E-state index < -0.39 is 0 Å². The first-order valence-electron chi connectivity index (χ1n) is 5.22. The lowest BCUT2D eigenvalue weighted by molar-refractivity contribution is 0.466. The van der Waals surface area contributed by atoms with E-state index in [9.17, 15) is 5.11 Å². The molecule has 0 radical (unpaired) electrons. The number of benzene rings is 2. The van der Waals surface area contributed by atoms with Gasteiger partial charge in [0.05, 0.1) is 0 Å². The average molecular weight is 233 g/mol. The molecule has 2 aromatic carbocycles. The number of halogens is 1. The van der Waals surface area contributed by atoms with Crippen molar-refractivity contribution in [1.29, 1.82) is 0 Å². The first-order chi connectivity index (χ1) is 7.70. The fraction of sp³-hybridized carbons (Fsp3) is 0.143. The summed E-state index contributed by atoms with van der Waals surface area (Å²) in [5, 5.41) is 10.4. The van der Waals surface area contributed by atoms with Crippen LogP contribution in [0.15, 0.2) is 48.5 Å². The van der Waals surface area contributed by atoms with Crippen LogP contribution in [0.1, 0.15) is 24.0 Å². The molecule has 0 bridgehead atoms. The number of hydrogen-bond donors (Lipinski definition) is 1. The van der Waals surface area contributed by atoms with Gasteiger partial charge < -0.3 is 5.11 Å². The Bertz CT molecular complexity index is 459. The smallest absolute Gasteiger partial charge is 0.120 e. The monoisotopic (exact) mass is 232 g/mol. The molecule has 2 heteroatoms. The Morgan fingerprint density at radius 3 is 2.31 bits per heavy atom. The van der Waals surface area contributed by atoms with E-state index in [2.05, 4.69) is 0 Å². The molecule has 0 fully saturated rings. The quantitative estimate of drug-likeness (QED) is 0.823. The highest BCUT2D eigenvalue weighted by atomic mass is 35.5. The maximum atomic E-state index is 9.84. The van der Waals surface area contributed by atoms with E-state index in [-0.39, 0.29) is 11.7 Å². The van der Waals surface area contributed by atoms with Crippen molar-refractivity contribution in [3.63, 3.8) is 0 Å². The van der Waals surface area contributed by atoms with Gasteiger partial charge in [-0.05, 0) is 17.7 Å². The van der Waals surface area contributed by atoms with E-state index >= 15 is 0 Å². The molecule has 1 atom stereocenters. The number of rotatable bonds is 2. The Balaban J connectivity index is 2.46. The summed E-state index contributed by atoms with van der Waals surface area (Å²) in [5.41, 5.74) is 1.93. The average Bonchev–Trinajstić information content (AvgIpc) is 2.30. The van der Waals surface area contributed by atoms with Crippen molar-refractivity contribution >= 4 is 11.6 Å². The van der Waals surface area contributed by atoms with Gasteiger partial charge in [-0.2, -0.15) is 0 Å². The fourth-order valence-corrected chi connectivity index (χ4v) is 2.20. The van der Waals surface area contributed by atoms with Crippen molar-refractivity contribution in [2.24, 2.45) is 0 Å². The highest BCUT2D eigenvalue weighted by Crippen LogP contribution is 2.35. The standard InChI is InChI=1S/C14H13ClO/c1-10(11-6-3-2-4-7-11)14-12(15)8-5-9-13(14)16/h2-10,16H,1H3. The lowest BCUT2D eigenvalue weighted by Gasteiger charge is -2.15. The van der Waals surface area contributed by atoms with Gasteiger partial charge in [0.25, 0.3) is 0 Å². The fourth-order valence-electron chi connectivity index (χ4n) is 1.86. The topological polar surface area (TPSA) is 20.2 Å². The van der Waals surface area contributed by atoms with Gasteiger partial charge in [-0.15, -0.1) is 0 Å². The molecule has 82 valence electrons. The van der Waals surface area contributed by atoms with Crippen molar-refractivity contribution in [3.05, 3.63) is 64.7 Å². The van der Waals surface area contributed by atoms with Gasteiger partial charge in [0.15, 0.2) is 0 Å². The third kappa shape index (κ3) is 2.05. The van der Waals surface area contributed by atoms with Crippen LogP contribution < -0.4 is 0 Å². The minimum atomic E-state index is 0.0925. The second kappa shape index (κ2) is 4.58. The van der Waals surface area contributed by atoms with Crippen LogP contribution in [0.4, 0.5) is 0 Å². The van der Waals surface area contributed by atoms with Crippen molar-refractivity contribution < 1.29 is 5.11 Å². The van der Waals surface area contributed by atoms with Gasteiger partial charge in [0, 0.05) is 16.5 Å². The molecule has 0 saturated carbocycles. The van der Waals surface area contributed by atoms with Crippen molar-refractivity contribution in [2.45, 2.75) is 12.8 Å². The number of aromatic hydroxyl groups is 1. The molecule has 16 heavy (non-hydrogen) atoms. The summed E-state index contributed by atoms with van der Waals surface area (Å²) in [6, 6.07) is 15.2. The zero-order valence-corrected chi connectivity index (χ0v) is 9.78. The first kappa shape index (κ1) is 11.0. The van der Waals surface area contributed by atoms with Gasteiger partial charge in [-0.3, -0.25) is 0 Å². The zero-order valence-electron chi connectivity index (χ0n) is 9.02. The van der Waals surface area contributed by atoms with Crippen LogP contribution in [0.2, 0.25) is 5.02 Å². The van der Waals surface area contributed by atoms with Crippen LogP contribution in [-0.4, -0.2) is 5.11 Å². The highest BCUT2D eigenvalue weighted by Gasteiger charge is 2.15. The van der Waals surface area contributed by atoms with Gasteiger partial charge >= 0.3 is 0 Å². The second-order valence-electron chi connectivity index (χ2n) is 3.81. The van der Waals surface area contributed by atoms with Crippen LogP contribution in [-0.2, 0) is 0 Å². The van der Waals surface area contributed by atoms with Gasteiger partial charge in [-0.25, -0.2) is 0 Å². The summed E-state index contributed by atoms with van der Waals surface area (Å²) < 4.78 is 0. The van der Waals surface area contributed by atoms with Gasteiger partial charge in [-0.1, -0.05) is 54.9 Å². The summed E-state index contributed by atoms with van der Waals surface area (Å²) in [5.74, 6) is 0.346. The first-order valence-corrected chi connectivity index (χ1v) is 5.60. The van der Waals surface area contributed by atoms with Crippen molar-refractivity contribution in [1.82, 2.24) is 0 Å². The molecule has 1 N–H and O–H groups in total. The molecule has 0 heterocycles. The molecule has 2 aromatic rings. The SMILES string of the molecule is CC(c1ccccc1)c1c(O)cccc1Cl. The van der Waals surface area contributed by atoms with Crippen molar-refractivity contribution in [3.8, 4) is 5.75 Å². The Morgan fingerprint density at radius 2 is 1.69 bits per heavy atom. The molecule has 1 nitrogen and oxygen atoms in total. The Labute approximate surface area is 100 Å². The van der Waals surface area contributed by atoms with E-state index in [1.54, 1.807) is 18.2 Å². The molecule has 0 aromatic heterocycles. The molecular formula is C14H13ClO. The summed E-state index contributed by atoms with van der Waals surface area (Å²) in [6.45, 7) is 2.04. The normalized spacial score (nSPS) is 12.4. The highest BCUT2D eigenvalue weighted by molar-refractivity contribution is 6.31. The largest absolute Gasteiger partial charge is 0.508 e. The summed E-state index contributed by atoms with van der Waals surface area (Å²) >= 11 is 6.11. The minimum Gasteiger partial charge on any atom is -0.508 e. The maximum absolute atomic E-state index is 9.84. The summed E-state index contributed by atoms with van der Waals surface area (Å²) in [6.07, 6.45) is 0. The van der Waals surface area contributed by atoms with Gasteiger partial charge in [0.1, 0.15) is 5.75 Å². The molecule has 0 amide bonds. The number of phenols is 1. The lowest BCUT2D eigenvalue weighted by Crippen LogP contribution is -1.97. The molecule has 0 spiro atoms. The van der Waals surface area contributed by atoms with Crippen LogP contribution in [0.25, 0.3) is 0 Å². The van der Waals surface area contributed by atoms with E-state index in [0.717, 1.165) is 11.1 Å². The van der Waals surface area contributed by atoms with Crippen LogP contribution in [0.3, 0.4) is 0 Å². The molecule has 1 unspecified atom stereocenters. The van der Waals surface area contributed by atoms with Gasteiger partial charge in [0.2, 0.25) is 0 Å². The Kier molecular flexibility index (Phi) is 3.16. The molecule has 0 saturated heterocycles. The second-order valence-corrected chi connectivity index (χ2v) is 4.21. The number of hydrogen-bond acceptors (Lipinski definition) is 1. The third-order valence-corrected chi connectivity index (χ3v) is 3.09. The van der Waals surface area contributed by atoms with E-state index in [1.807, 2.05) is 37.3 Å². The molecule has 0 aliphatic carbocycles. The molecule has 0 aliphatic heterocycles. The summed E-state index contributed by atoms with van der Waals surface area (Å²) in [7, 11) is 0. The van der Waals surface area contributed by atoms with Crippen LogP contribution in [0, 0.1) is 0 Å². The number of phenolic OH excluding ortho intramolecular Hbond substituents is 1. The minimum absolute atomic E-state index is 0.0925. The maximum Gasteiger partial charge on any atom is 0.120 e. The van der Waals surface area contributed by atoms with E-state index in [0.29, 0.717) is 5.02 Å². The summed E-state index contributed by atoms with van der Waals surface area (Å²) in [4.78, 5) is 0. The molecule has 2 rings (SSSR count). The van der Waals surface area contributed by atoms with Crippen LogP contribution >= 0.6 is 11.6 Å². The lowest BCUT2D eigenvalue weighted by atomic mass is 9.92. The predicted octanol–water partition coefficient (Wildman–Crippen LogP) is 4.20. The van der Waals surface area contributed by atoms with Crippen LogP contribution in [0.5, 0.6) is 5.75 Å². The Morgan fingerprint density at radius 1 is 1.00 bits per heavy atom. The van der Waals surface area contributed by atoms with E-state index in [4.69, 9.17) is 11.6 Å².